The molecule has 0 saturated carbocycles. The van der Waals surface area contributed by atoms with Crippen molar-refractivity contribution in [1.82, 2.24) is 5.32 Å². The third kappa shape index (κ3) is 3.24. The van der Waals surface area contributed by atoms with Gasteiger partial charge in [0.25, 0.3) is 5.91 Å². The molecular formula is C12H18N2O2. The summed E-state index contributed by atoms with van der Waals surface area (Å²) in [6.07, 6.45) is 1.74. The topological polar surface area (TPSA) is 75.4 Å². The number of carbonyl (C=O) groups is 1. The smallest absolute Gasteiger partial charge is 0.255 e. The first kappa shape index (κ1) is 12.5. The van der Waals surface area contributed by atoms with Gasteiger partial charge in [-0.25, -0.2) is 0 Å². The molecular weight excluding hydrogens is 204 g/mol. The molecule has 4 N–H and O–H groups in total. The molecule has 88 valence electrons. The van der Waals surface area contributed by atoms with E-state index in [-0.39, 0.29) is 11.7 Å². The molecule has 16 heavy (non-hydrogen) atoms. The standard InChI is InChI=1S/C12H18N2O2/c1-9-5-4-6-10(11(9)15)12(16)14-8-3-2-7-13/h4-6,15H,2-3,7-8,13H2,1H3,(H,14,16). The molecule has 0 aliphatic heterocycles. The molecule has 0 heterocycles. The van der Waals surface area contributed by atoms with Crippen LogP contribution in [-0.4, -0.2) is 24.1 Å². The Bertz CT molecular complexity index is 364. The third-order valence-electron chi connectivity index (χ3n) is 2.40. The van der Waals surface area contributed by atoms with Gasteiger partial charge in [0, 0.05) is 6.54 Å². The maximum Gasteiger partial charge on any atom is 0.255 e. The highest BCUT2D eigenvalue weighted by Gasteiger charge is 2.11. The first-order valence-corrected chi connectivity index (χ1v) is 5.43. The van der Waals surface area contributed by atoms with Gasteiger partial charge in [-0.2, -0.15) is 0 Å². The van der Waals surface area contributed by atoms with Gasteiger partial charge in [0.15, 0.2) is 0 Å². The minimum Gasteiger partial charge on any atom is -0.507 e. The molecule has 0 radical (unpaired) electrons. The number of phenols is 1. The summed E-state index contributed by atoms with van der Waals surface area (Å²) in [5.41, 5.74) is 6.38. The Morgan fingerprint density at radius 1 is 1.44 bits per heavy atom. The summed E-state index contributed by atoms with van der Waals surface area (Å²) >= 11 is 0. The fraction of sp³-hybridized carbons (Fsp3) is 0.417. The van der Waals surface area contributed by atoms with Crippen LogP contribution >= 0.6 is 0 Å². The molecule has 0 aromatic heterocycles. The van der Waals surface area contributed by atoms with Gasteiger partial charge in [-0.15, -0.1) is 0 Å². The first-order valence-electron chi connectivity index (χ1n) is 5.43. The number of nitrogens with two attached hydrogens (primary N) is 1. The van der Waals surface area contributed by atoms with Gasteiger partial charge in [0.2, 0.25) is 0 Å². The number of nitrogens with one attached hydrogen (secondary N) is 1. The minimum atomic E-state index is -0.238. The lowest BCUT2D eigenvalue weighted by molar-refractivity contribution is 0.0950. The summed E-state index contributed by atoms with van der Waals surface area (Å²) in [4.78, 5) is 11.7. The molecule has 0 spiro atoms. The van der Waals surface area contributed by atoms with Crippen molar-refractivity contribution < 1.29 is 9.90 Å². The monoisotopic (exact) mass is 222 g/mol. The van der Waals surface area contributed by atoms with Crippen LogP contribution in [-0.2, 0) is 0 Å². The Hall–Kier alpha value is -1.55. The molecule has 0 fully saturated rings. The fourth-order valence-corrected chi connectivity index (χ4v) is 1.41. The average Bonchev–Trinajstić information content (AvgIpc) is 2.28. The van der Waals surface area contributed by atoms with Crippen molar-refractivity contribution in [2.24, 2.45) is 5.73 Å². The lowest BCUT2D eigenvalue weighted by Crippen LogP contribution is -2.25. The molecule has 1 aromatic rings. The zero-order chi connectivity index (χ0) is 12.0. The number of aromatic hydroxyl groups is 1. The number of unbranched alkanes of at least 4 members (excludes halogenated alkanes) is 1. The molecule has 1 amide bonds. The molecule has 0 saturated heterocycles. The van der Waals surface area contributed by atoms with Crippen LogP contribution < -0.4 is 11.1 Å². The Labute approximate surface area is 95.5 Å². The Morgan fingerprint density at radius 3 is 2.88 bits per heavy atom. The summed E-state index contributed by atoms with van der Waals surface area (Å²) in [6, 6.07) is 5.13. The number of amides is 1. The van der Waals surface area contributed by atoms with Gasteiger partial charge in [-0.1, -0.05) is 12.1 Å². The van der Waals surface area contributed by atoms with E-state index in [4.69, 9.17) is 5.73 Å². The molecule has 0 bridgehead atoms. The highest BCUT2D eigenvalue weighted by molar-refractivity contribution is 5.97. The zero-order valence-electron chi connectivity index (χ0n) is 9.49. The normalized spacial score (nSPS) is 10.1. The summed E-state index contributed by atoms with van der Waals surface area (Å²) in [7, 11) is 0. The highest BCUT2D eigenvalue weighted by atomic mass is 16.3. The van der Waals surface area contributed by atoms with Crippen LogP contribution in [0.15, 0.2) is 18.2 Å². The minimum absolute atomic E-state index is 0.0545. The van der Waals surface area contributed by atoms with Gasteiger partial charge >= 0.3 is 0 Å². The maximum atomic E-state index is 11.7. The molecule has 4 heteroatoms. The molecule has 0 aliphatic carbocycles. The highest BCUT2D eigenvalue weighted by Crippen LogP contribution is 2.20. The third-order valence-corrected chi connectivity index (χ3v) is 2.40. The fourth-order valence-electron chi connectivity index (χ4n) is 1.41. The average molecular weight is 222 g/mol. The van der Waals surface area contributed by atoms with Crippen LogP contribution in [0.3, 0.4) is 0 Å². The largest absolute Gasteiger partial charge is 0.507 e. The number of phenolic OH excluding ortho intramolecular Hbond substituents is 1. The van der Waals surface area contributed by atoms with Gasteiger partial charge in [-0.3, -0.25) is 4.79 Å². The van der Waals surface area contributed by atoms with Crippen LogP contribution in [0.5, 0.6) is 5.75 Å². The van der Waals surface area contributed by atoms with E-state index in [9.17, 15) is 9.90 Å². The van der Waals surface area contributed by atoms with Crippen molar-refractivity contribution >= 4 is 5.91 Å². The van der Waals surface area contributed by atoms with E-state index in [1.807, 2.05) is 0 Å². The summed E-state index contributed by atoms with van der Waals surface area (Å²) in [5, 5.41) is 12.4. The number of carbonyl (C=O) groups excluding carboxylic acids is 1. The second-order valence-corrected chi connectivity index (χ2v) is 3.72. The predicted molar refractivity (Wildman–Crippen MR) is 63.5 cm³/mol. The second-order valence-electron chi connectivity index (χ2n) is 3.72. The van der Waals surface area contributed by atoms with Gasteiger partial charge in [0.05, 0.1) is 5.56 Å². The summed E-state index contributed by atoms with van der Waals surface area (Å²) in [5.74, 6) is -0.183. The molecule has 0 unspecified atom stereocenters. The first-order chi connectivity index (χ1) is 7.66. The van der Waals surface area contributed by atoms with Crippen LogP contribution in [0.1, 0.15) is 28.8 Å². The SMILES string of the molecule is Cc1cccc(C(=O)NCCCCN)c1O. The number of hydrogen-bond acceptors (Lipinski definition) is 3. The lowest BCUT2D eigenvalue weighted by atomic mass is 10.1. The van der Waals surface area contributed by atoms with Gasteiger partial charge in [-0.05, 0) is 37.9 Å². The zero-order valence-corrected chi connectivity index (χ0v) is 9.49. The molecule has 1 rings (SSSR count). The van der Waals surface area contributed by atoms with Crippen molar-refractivity contribution in [2.45, 2.75) is 19.8 Å². The van der Waals surface area contributed by atoms with E-state index >= 15 is 0 Å². The number of hydrogen-bond donors (Lipinski definition) is 3. The van der Waals surface area contributed by atoms with E-state index in [0.29, 0.717) is 24.2 Å². The molecule has 0 atom stereocenters. The van der Waals surface area contributed by atoms with Crippen LogP contribution in [0.4, 0.5) is 0 Å². The molecule has 4 nitrogen and oxygen atoms in total. The van der Waals surface area contributed by atoms with Crippen molar-refractivity contribution in [3.63, 3.8) is 0 Å². The number of benzene rings is 1. The molecule has 0 aliphatic rings. The van der Waals surface area contributed by atoms with E-state index < -0.39 is 0 Å². The summed E-state index contributed by atoms with van der Waals surface area (Å²) in [6.45, 7) is 2.98. The second kappa shape index (κ2) is 6.12. The van der Waals surface area contributed by atoms with Crippen molar-refractivity contribution in [3.05, 3.63) is 29.3 Å². The van der Waals surface area contributed by atoms with Crippen molar-refractivity contribution in [3.8, 4) is 5.75 Å². The Kier molecular flexibility index (Phi) is 4.79. The van der Waals surface area contributed by atoms with E-state index in [1.54, 1.807) is 25.1 Å². The summed E-state index contributed by atoms with van der Waals surface area (Å²) < 4.78 is 0. The maximum absolute atomic E-state index is 11.7. The number of aryl methyl sites for hydroxylation is 1. The van der Waals surface area contributed by atoms with Gasteiger partial charge in [0.1, 0.15) is 5.75 Å². The molecule has 1 aromatic carbocycles. The number of rotatable bonds is 5. The number of para-hydroxylation sites is 1. The van der Waals surface area contributed by atoms with Crippen molar-refractivity contribution in [1.29, 1.82) is 0 Å². The van der Waals surface area contributed by atoms with Crippen LogP contribution in [0, 0.1) is 6.92 Å². The van der Waals surface area contributed by atoms with Gasteiger partial charge < -0.3 is 16.2 Å². The lowest BCUT2D eigenvalue weighted by Gasteiger charge is -2.07. The van der Waals surface area contributed by atoms with E-state index in [1.165, 1.54) is 0 Å². The predicted octanol–water partition coefficient (Wildman–Crippen LogP) is 1.17. The Morgan fingerprint density at radius 2 is 2.19 bits per heavy atom. The van der Waals surface area contributed by atoms with E-state index in [0.717, 1.165) is 12.8 Å². The van der Waals surface area contributed by atoms with Crippen molar-refractivity contribution in [2.75, 3.05) is 13.1 Å². The quantitative estimate of drug-likeness (QED) is 0.655. The van der Waals surface area contributed by atoms with E-state index in [2.05, 4.69) is 5.32 Å². The van der Waals surface area contributed by atoms with Crippen LogP contribution in [0.2, 0.25) is 0 Å². The van der Waals surface area contributed by atoms with Crippen LogP contribution in [0.25, 0.3) is 0 Å². The Balaban J connectivity index is 2.56.